The first-order valence-corrected chi connectivity index (χ1v) is 7.04. The number of hydrogen-bond acceptors (Lipinski definition) is 2. The predicted molar refractivity (Wildman–Crippen MR) is 76.2 cm³/mol. The first-order chi connectivity index (χ1) is 8.36. The highest BCUT2D eigenvalue weighted by Gasteiger charge is 2.25. The molecule has 0 fully saturated rings. The lowest BCUT2D eigenvalue weighted by atomic mass is 9.83. The van der Waals surface area contributed by atoms with Crippen LogP contribution in [-0.2, 0) is 4.79 Å². The van der Waals surface area contributed by atoms with Crippen LogP contribution in [-0.4, -0.2) is 30.4 Å². The van der Waals surface area contributed by atoms with Gasteiger partial charge in [0.05, 0.1) is 0 Å². The first kappa shape index (κ1) is 15.2. The number of nitrogens with two attached hydrogens (primary N) is 1. The molecule has 1 rings (SSSR count). The van der Waals surface area contributed by atoms with E-state index in [-0.39, 0.29) is 17.2 Å². The molecule has 0 bridgehead atoms. The van der Waals surface area contributed by atoms with Gasteiger partial charge in [-0.3, -0.25) is 4.79 Å². The van der Waals surface area contributed by atoms with E-state index in [4.69, 9.17) is 5.73 Å². The molecule has 0 saturated carbocycles. The van der Waals surface area contributed by atoms with Crippen molar-refractivity contribution >= 4 is 5.91 Å². The predicted octanol–water partition coefficient (Wildman–Crippen LogP) is 2.57. The fraction of sp³-hybridized carbons (Fsp3) is 0.800. The smallest absolute Gasteiger partial charge is 0.225 e. The Kier molecular flexibility index (Phi) is 5.39. The molecule has 3 heteroatoms. The molecule has 0 aliphatic carbocycles. The van der Waals surface area contributed by atoms with Gasteiger partial charge in [-0.1, -0.05) is 39.3 Å². The quantitative estimate of drug-likeness (QED) is 0.782. The number of rotatable bonds is 4. The van der Waals surface area contributed by atoms with Crippen LogP contribution in [0.15, 0.2) is 11.6 Å². The molecule has 1 heterocycles. The molecule has 0 aromatic rings. The van der Waals surface area contributed by atoms with Gasteiger partial charge in [-0.2, -0.15) is 0 Å². The maximum atomic E-state index is 12.2. The summed E-state index contributed by atoms with van der Waals surface area (Å²) in [6.45, 7) is 11.0. The minimum atomic E-state index is 0.109. The molecular weight excluding hydrogens is 224 g/mol. The number of amides is 1. The molecule has 104 valence electrons. The lowest BCUT2D eigenvalue weighted by Crippen LogP contribution is -2.39. The van der Waals surface area contributed by atoms with Gasteiger partial charge in [0.25, 0.3) is 0 Å². The zero-order valence-electron chi connectivity index (χ0n) is 12.3. The van der Waals surface area contributed by atoms with E-state index in [1.165, 1.54) is 5.57 Å². The van der Waals surface area contributed by atoms with E-state index >= 15 is 0 Å². The Morgan fingerprint density at radius 3 is 2.61 bits per heavy atom. The zero-order chi connectivity index (χ0) is 13.8. The van der Waals surface area contributed by atoms with Crippen molar-refractivity contribution in [3.8, 4) is 0 Å². The molecule has 0 aromatic carbocycles. The molecule has 2 N–H and O–H groups in total. The molecule has 1 aliphatic heterocycles. The van der Waals surface area contributed by atoms with Crippen LogP contribution in [0.25, 0.3) is 0 Å². The number of nitrogens with zero attached hydrogens (tertiary/aromatic N) is 1. The van der Waals surface area contributed by atoms with Gasteiger partial charge in [0, 0.05) is 19.0 Å². The van der Waals surface area contributed by atoms with Gasteiger partial charge in [-0.25, -0.2) is 0 Å². The van der Waals surface area contributed by atoms with E-state index in [9.17, 15) is 4.79 Å². The van der Waals surface area contributed by atoms with Crippen molar-refractivity contribution in [3.05, 3.63) is 11.6 Å². The van der Waals surface area contributed by atoms with Crippen molar-refractivity contribution in [2.24, 2.45) is 17.1 Å². The summed E-state index contributed by atoms with van der Waals surface area (Å²) in [6.07, 6.45) is 5.08. The lowest BCUT2D eigenvalue weighted by Gasteiger charge is -2.33. The van der Waals surface area contributed by atoms with Crippen LogP contribution in [0.3, 0.4) is 0 Å². The number of carbonyl (C=O) groups excluding carboxylic acids is 1. The van der Waals surface area contributed by atoms with Crippen LogP contribution in [0.2, 0.25) is 0 Å². The third kappa shape index (κ3) is 4.13. The fourth-order valence-electron chi connectivity index (χ4n) is 2.41. The molecule has 1 atom stereocenters. The Hall–Kier alpha value is -0.830. The Morgan fingerprint density at radius 1 is 1.50 bits per heavy atom. The SMILES string of the molecule is CC(CCCN)C(=O)N1CC=C(C(C)(C)C)CC1. The van der Waals surface area contributed by atoms with E-state index in [1.807, 2.05) is 11.8 Å². The van der Waals surface area contributed by atoms with E-state index in [0.717, 1.165) is 32.4 Å². The molecule has 0 aromatic heterocycles. The normalized spacial score (nSPS) is 18.5. The summed E-state index contributed by atoms with van der Waals surface area (Å²) in [4.78, 5) is 14.2. The van der Waals surface area contributed by atoms with Crippen LogP contribution in [0.4, 0.5) is 0 Å². The number of hydrogen-bond donors (Lipinski definition) is 1. The van der Waals surface area contributed by atoms with Crippen LogP contribution in [0, 0.1) is 11.3 Å². The van der Waals surface area contributed by atoms with Gasteiger partial charge in [0.15, 0.2) is 0 Å². The number of carbonyl (C=O) groups is 1. The summed E-state index contributed by atoms with van der Waals surface area (Å²) in [5, 5.41) is 0. The fourth-order valence-corrected chi connectivity index (χ4v) is 2.41. The van der Waals surface area contributed by atoms with Crippen LogP contribution >= 0.6 is 0 Å². The van der Waals surface area contributed by atoms with Gasteiger partial charge in [-0.15, -0.1) is 0 Å². The maximum Gasteiger partial charge on any atom is 0.225 e. The highest BCUT2D eigenvalue weighted by molar-refractivity contribution is 5.78. The van der Waals surface area contributed by atoms with Crippen LogP contribution < -0.4 is 5.73 Å². The standard InChI is InChI=1S/C15H28N2O/c1-12(6-5-9-16)14(18)17-10-7-13(8-11-17)15(2,3)4/h7,12H,5-6,8-11,16H2,1-4H3. The molecule has 1 aliphatic rings. The topological polar surface area (TPSA) is 46.3 Å². The zero-order valence-corrected chi connectivity index (χ0v) is 12.3. The molecule has 18 heavy (non-hydrogen) atoms. The second-order valence-electron chi connectivity index (χ2n) is 6.35. The minimum absolute atomic E-state index is 0.109. The van der Waals surface area contributed by atoms with Crippen molar-refractivity contribution in [3.63, 3.8) is 0 Å². The summed E-state index contributed by atoms with van der Waals surface area (Å²) < 4.78 is 0. The van der Waals surface area contributed by atoms with E-state index in [1.54, 1.807) is 0 Å². The average Bonchev–Trinajstić information content (AvgIpc) is 2.34. The lowest BCUT2D eigenvalue weighted by molar-refractivity contribution is -0.134. The Balaban J connectivity index is 2.52. The molecule has 1 unspecified atom stereocenters. The van der Waals surface area contributed by atoms with Gasteiger partial charge >= 0.3 is 0 Å². The molecule has 3 nitrogen and oxygen atoms in total. The van der Waals surface area contributed by atoms with Crippen molar-refractivity contribution in [1.82, 2.24) is 4.90 Å². The van der Waals surface area contributed by atoms with Gasteiger partial charge < -0.3 is 10.6 Å². The Labute approximate surface area is 111 Å². The third-order valence-electron chi connectivity index (χ3n) is 3.75. The Morgan fingerprint density at radius 2 is 2.17 bits per heavy atom. The van der Waals surface area contributed by atoms with E-state index in [0.29, 0.717) is 6.54 Å². The molecule has 0 spiro atoms. The summed E-state index contributed by atoms with van der Waals surface area (Å²) in [6, 6.07) is 0. The highest BCUT2D eigenvalue weighted by atomic mass is 16.2. The largest absolute Gasteiger partial charge is 0.338 e. The van der Waals surface area contributed by atoms with E-state index in [2.05, 4.69) is 26.8 Å². The summed E-state index contributed by atoms with van der Waals surface area (Å²) >= 11 is 0. The minimum Gasteiger partial charge on any atom is -0.338 e. The third-order valence-corrected chi connectivity index (χ3v) is 3.75. The van der Waals surface area contributed by atoms with E-state index < -0.39 is 0 Å². The van der Waals surface area contributed by atoms with Crippen molar-refractivity contribution in [2.45, 2.75) is 47.0 Å². The molecule has 0 saturated heterocycles. The van der Waals surface area contributed by atoms with Gasteiger partial charge in [0.2, 0.25) is 5.91 Å². The highest BCUT2D eigenvalue weighted by Crippen LogP contribution is 2.30. The van der Waals surface area contributed by atoms with Crippen molar-refractivity contribution in [2.75, 3.05) is 19.6 Å². The molecule has 0 radical (unpaired) electrons. The van der Waals surface area contributed by atoms with Crippen LogP contribution in [0.5, 0.6) is 0 Å². The first-order valence-electron chi connectivity index (χ1n) is 7.04. The second-order valence-corrected chi connectivity index (χ2v) is 6.35. The van der Waals surface area contributed by atoms with Crippen molar-refractivity contribution in [1.29, 1.82) is 0 Å². The maximum absolute atomic E-state index is 12.2. The average molecular weight is 252 g/mol. The summed E-state index contributed by atoms with van der Waals surface area (Å²) in [5.41, 5.74) is 7.20. The molecule has 1 amide bonds. The monoisotopic (exact) mass is 252 g/mol. The summed E-state index contributed by atoms with van der Waals surface area (Å²) in [7, 11) is 0. The van der Waals surface area contributed by atoms with Gasteiger partial charge in [0.1, 0.15) is 0 Å². The Bertz CT molecular complexity index is 315. The molecular formula is C15H28N2O. The van der Waals surface area contributed by atoms with Gasteiger partial charge in [-0.05, 0) is 31.2 Å². The summed E-state index contributed by atoms with van der Waals surface area (Å²) in [5.74, 6) is 0.394. The van der Waals surface area contributed by atoms with Crippen LogP contribution in [0.1, 0.15) is 47.0 Å². The second kappa shape index (κ2) is 6.37. The van der Waals surface area contributed by atoms with Crippen molar-refractivity contribution < 1.29 is 4.79 Å².